The van der Waals surface area contributed by atoms with E-state index in [0.717, 1.165) is 77.0 Å². The van der Waals surface area contributed by atoms with E-state index >= 15 is 0 Å². The normalized spacial score (nSPS) is 12.1. The number of allylic oxidation sites excluding steroid dienone is 4. The summed E-state index contributed by atoms with van der Waals surface area (Å²) in [6.45, 7) is 6.67. The maximum Gasteiger partial charge on any atom is 0.306 e. The molecule has 1 unspecified atom stereocenters. The van der Waals surface area contributed by atoms with Crippen molar-refractivity contribution in [2.24, 2.45) is 0 Å². The summed E-state index contributed by atoms with van der Waals surface area (Å²) in [6.07, 6.45) is 74.8. The maximum absolute atomic E-state index is 12.9. The van der Waals surface area contributed by atoms with Gasteiger partial charge in [-0.1, -0.05) is 321 Å². The zero-order valence-electron chi connectivity index (χ0n) is 49.4. The molecule has 430 valence electrons. The minimum atomic E-state index is -0.774. The minimum Gasteiger partial charge on any atom is -0.462 e. The van der Waals surface area contributed by atoms with E-state index in [-0.39, 0.29) is 31.1 Å². The summed E-state index contributed by atoms with van der Waals surface area (Å²) in [6, 6.07) is 0. The number of carbonyl (C=O) groups excluding carboxylic acids is 3. The fraction of sp³-hybridized carbons (Fsp3) is 0.896. The molecule has 6 nitrogen and oxygen atoms in total. The molecule has 0 heterocycles. The molecule has 1 atom stereocenters. The van der Waals surface area contributed by atoms with Crippen LogP contribution in [0.2, 0.25) is 0 Å². The predicted octanol–water partition coefficient (Wildman–Crippen LogP) is 22.2. The molecule has 0 N–H and O–H groups in total. The summed E-state index contributed by atoms with van der Waals surface area (Å²) < 4.78 is 16.9. The topological polar surface area (TPSA) is 78.9 Å². The third-order valence-corrected chi connectivity index (χ3v) is 15.0. The summed E-state index contributed by atoms with van der Waals surface area (Å²) in [4.78, 5) is 38.3. The molecule has 0 aliphatic rings. The highest BCUT2D eigenvalue weighted by Gasteiger charge is 2.19. The molecule has 0 aliphatic carbocycles. The lowest BCUT2D eigenvalue weighted by molar-refractivity contribution is -0.167. The van der Waals surface area contributed by atoms with E-state index in [1.165, 1.54) is 250 Å². The van der Waals surface area contributed by atoms with Gasteiger partial charge in [0.2, 0.25) is 0 Å². The molecule has 0 amide bonds. The van der Waals surface area contributed by atoms with Crippen molar-refractivity contribution in [3.8, 4) is 0 Å². The Morgan fingerprint density at radius 1 is 0.274 bits per heavy atom. The van der Waals surface area contributed by atoms with Gasteiger partial charge in [-0.05, 0) is 51.4 Å². The molecule has 0 bridgehead atoms. The standard InChI is InChI=1S/C67H126O6/c1-4-7-10-13-16-19-22-25-28-29-30-31-32-33-34-35-36-37-38-40-42-45-48-51-54-57-60-66(69)72-63-64(62-71-65(68)59-56-53-50-47-44-41-27-24-21-18-15-12-9-6-3)73-67(70)61-58-55-52-49-46-43-39-26-23-20-17-14-11-8-5-2/h17,20,26,39,64H,4-16,18-19,21-25,27-38,40-63H2,1-3H3/b20-17-,39-26-. The van der Waals surface area contributed by atoms with Crippen molar-refractivity contribution in [2.45, 2.75) is 374 Å². The lowest BCUT2D eigenvalue weighted by Crippen LogP contribution is -2.30. The molecule has 0 aliphatic heterocycles. The molecule has 0 saturated heterocycles. The molecule has 73 heavy (non-hydrogen) atoms. The van der Waals surface area contributed by atoms with Crippen LogP contribution in [0.3, 0.4) is 0 Å². The Labute approximate surface area is 455 Å². The fourth-order valence-electron chi connectivity index (χ4n) is 10.0. The zero-order chi connectivity index (χ0) is 52.9. The summed E-state index contributed by atoms with van der Waals surface area (Å²) in [7, 11) is 0. The van der Waals surface area contributed by atoms with Crippen LogP contribution >= 0.6 is 0 Å². The number of carbonyl (C=O) groups is 3. The zero-order valence-corrected chi connectivity index (χ0v) is 49.4. The van der Waals surface area contributed by atoms with Crippen LogP contribution in [0.15, 0.2) is 24.3 Å². The highest BCUT2D eigenvalue weighted by molar-refractivity contribution is 5.71. The first-order chi connectivity index (χ1) is 36.0. The van der Waals surface area contributed by atoms with Gasteiger partial charge in [-0.3, -0.25) is 14.4 Å². The van der Waals surface area contributed by atoms with Crippen molar-refractivity contribution in [2.75, 3.05) is 13.2 Å². The first kappa shape index (κ1) is 70.9. The Bertz CT molecular complexity index is 1180. The van der Waals surface area contributed by atoms with Crippen LogP contribution < -0.4 is 0 Å². The van der Waals surface area contributed by atoms with Gasteiger partial charge in [-0.25, -0.2) is 0 Å². The Morgan fingerprint density at radius 3 is 0.781 bits per heavy atom. The second-order valence-corrected chi connectivity index (χ2v) is 22.4. The maximum atomic E-state index is 12.9. The van der Waals surface area contributed by atoms with Gasteiger partial charge >= 0.3 is 17.9 Å². The average molecular weight is 1030 g/mol. The van der Waals surface area contributed by atoms with Crippen LogP contribution in [0, 0.1) is 0 Å². The van der Waals surface area contributed by atoms with E-state index in [2.05, 4.69) is 45.1 Å². The van der Waals surface area contributed by atoms with Crippen molar-refractivity contribution >= 4 is 17.9 Å². The van der Waals surface area contributed by atoms with Gasteiger partial charge < -0.3 is 14.2 Å². The quantitative estimate of drug-likeness (QED) is 0.0261. The third-order valence-electron chi connectivity index (χ3n) is 15.0. The van der Waals surface area contributed by atoms with E-state index < -0.39 is 6.10 Å². The van der Waals surface area contributed by atoms with Crippen molar-refractivity contribution < 1.29 is 28.6 Å². The van der Waals surface area contributed by atoms with Crippen LogP contribution in [0.25, 0.3) is 0 Å². The Balaban J connectivity index is 4.20. The number of ether oxygens (including phenoxy) is 3. The highest BCUT2D eigenvalue weighted by Crippen LogP contribution is 2.18. The molecule has 0 rings (SSSR count). The van der Waals surface area contributed by atoms with Crippen LogP contribution in [0.1, 0.15) is 367 Å². The second-order valence-electron chi connectivity index (χ2n) is 22.4. The molecule has 0 aromatic rings. The Morgan fingerprint density at radius 2 is 0.493 bits per heavy atom. The smallest absolute Gasteiger partial charge is 0.306 e. The number of hydrogen-bond donors (Lipinski definition) is 0. The van der Waals surface area contributed by atoms with Gasteiger partial charge in [0, 0.05) is 19.3 Å². The molecule has 0 radical (unpaired) electrons. The minimum absolute atomic E-state index is 0.0711. The van der Waals surface area contributed by atoms with Gasteiger partial charge in [0.25, 0.3) is 0 Å². The first-order valence-corrected chi connectivity index (χ1v) is 32.8. The van der Waals surface area contributed by atoms with Crippen molar-refractivity contribution in [1.82, 2.24) is 0 Å². The lowest BCUT2D eigenvalue weighted by Gasteiger charge is -2.18. The fourth-order valence-corrected chi connectivity index (χ4v) is 10.0. The van der Waals surface area contributed by atoms with Gasteiger partial charge in [-0.2, -0.15) is 0 Å². The van der Waals surface area contributed by atoms with Crippen LogP contribution in [0.4, 0.5) is 0 Å². The van der Waals surface area contributed by atoms with Crippen molar-refractivity contribution in [1.29, 1.82) is 0 Å². The highest BCUT2D eigenvalue weighted by atomic mass is 16.6. The second kappa shape index (κ2) is 62.4. The summed E-state index contributed by atoms with van der Waals surface area (Å²) in [5, 5.41) is 0. The van der Waals surface area contributed by atoms with E-state index in [1.54, 1.807) is 0 Å². The monoisotopic (exact) mass is 1030 g/mol. The number of hydrogen-bond acceptors (Lipinski definition) is 6. The van der Waals surface area contributed by atoms with Gasteiger partial charge in [0.1, 0.15) is 13.2 Å². The third kappa shape index (κ3) is 60.6. The van der Waals surface area contributed by atoms with Crippen LogP contribution in [-0.4, -0.2) is 37.2 Å². The van der Waals surface area contributed by atoms with E-state index in [0.29, 0.717) is 19.3 Å². The molecular formula is C67H126O6. The summed E-state index contributed by atoms with van der Waals surface area (Å²) in [5.74, 6) is -0.858. The first-order valence-electron chi connectivity index (χ1n) is 32.8. The van der Waals surface area contributed by atoms with E-state index in [9.17, 15) is 14.4 Å². The molecule has 0 fully saturated rings. The van der Waals surface area contributed by atoms with Crippen LogP contribution in [-0.2, 0) is 28.6 Å². The van der Waals surface area contributed by atoms with Crippen molar-refractivity contribution in [3.63, 3.8) is 0 Å². The molecule has 0 saturated carbocycles. The molecule has 6 heteroatoms. The van der Waals surface area contributed by atoms with E-state index in [1.807, 2.05) is 0 Å². The van der Waals surface area contributed by atoms with Crippen molar-refractivity contribution in [3.05, 3.63) is 24.3 Å². The molecule has 0 aromatic carbocycles. The van der Waals surface area contributed by atoms with Gasteiger partial charge in [0.05, 0.1) is 0 Å². The average Bonchev–Trinajstić information content (AvgIpc) is 3.39. The largest absolute Gasteiger partial charge is 0.462 e. The SMILES string of the molecule is CCCCC/C=C\C/C=C\CCCCCCCC(=O)OC(COC(=O)CCCCCCCCCCCCCCCC)COC(=O)CCCCCCCCCCCCCCCCCCCCCCCCCCCC. The number of unbranched alkanes of at least 4 members (excludes halogenated alkanes) is 46. The number of rotatable bonds is 61. The summed E-state index contributed by atoms with van der Waals surface area (Å²) in [5.41, 5.74) is 0. The lowest BCUT2D eigenvalue weighted by atomic mass is 10.0. The Kier molecular flexibility index (Phi) is 60.6. The molecule has 0 spiro atoms. The molecular weight excluding hydrogens is 901 g/mol. The Hall–Kier alpha value is -2.11. The van der Waals surface area contributed by atoms with Gasteiger partial charge in [0.15, 0.2) is 6.10 Å². The van der Waals surface area contributed by atoms with E-state index in [4.69, 9.17) is 14.2 Å². The van der Waals surface area contributed by atoms with Crippen LogP contribution in [0.5, 0.6) is 0 Å². The summed E-state index contributed by atoms with van der Waals surface area (Å²) >= 11 is 0. The van der Waals surface area contributed by atoms with Gasteiger partial charge in [-0.15, -0.1) is 0 Å². The number of esters is 3. The molecule has 0 aromatic heterocycles. The predicted molar refractivity (Wildman–Crippen MR) is 316 cm³/mol.